The van der Waals surface area contributed by atoms with Gasteiger partial charge in [-0.25, -0.2) is 0 Å². The number of rotatable bonds is 1. The molecule has 3 N–H and O–H groups in total. The van der Waals surface area contributed by atoms with Gasteiger partial charge in [0.25, 0.3) is 0 Å². The first-order valence-corrected chi connectivity index (χ1v) is 5.16. The summed E-state index contributed by atoms with van der Waals surface area (Å²) in [6.07, 6.45) is 2.55. The highest BCUT2D eigenvalue weighted by Gasteiger charge is 2.35. The normalized spacial score (nSPS) is 27.3. The Labute approximate surface area is 85.0 Å². The number of furan rings is 1. The molecule has 0 bridgehead atoms. The Bertz CT molecular complexity index is 323. The number of hydrogen-bond donors (Lipinski definition) is 2. The van der Waals surface area contributed by atoms with Gasteiger partial charge < -0.3 is 15.3 Å². The van der Waals surface area contributed by atoms with Crippen LogP contribution in [0.25, 0.3) is 0 Å². The number of halogens is 1. The molecule has 1 atom stereocenters. The van der Waals surface area contributed by atoms with Gasteiger partial charge in [-0.1, -0.05) is 0 Å². The molecule has 2 rings (SSSR count). The van der Waals surface area contributed by atoms with E-state index in [1.807, 2.05) is 6.07 Å². The van der Waals surface area contributed by atoms with E-state index >= 15 is 0 Å². The predicted octanol–water partition coefficient (Wildman–Crippen LogP) is 1.52. The minimum absolute atomic E-state index is 0.256. The molecule has 72 valence electrons. The summed E-state index contributed by atoms with van der Waals surface area (Å²) in [6, 6.07) is 1.82. The van der Waals surface area contributed by atoms with Crippen molar-refractivity contribution in [3.05, 3.63) is 22.1 Å². The van der Waals surface area contributed by atoms with Crippen LogP contribution in [0.4, 0.5) is 0 Å². The molecule has 0 spiro atoms. The summed E-state index contributed by atoms with van der Waals surface area (Å²) in [5.41, 5.74) is 5.54. The van der Waals surface area contributed by atoms with Crippen molar-refractivity contribution in [2.24, 2.45) is 5.73 Å². The summed E-state index contributed by atoms with van der Waals surface area (Å²) < 4.78 is 6.08. The van der Waals surface area contributed by atoms with Crippen LogP contribution < -0.4 is 5.73 Å². The maximum absolute atomic E-state index is 10.1. The van der Waals surface area contributed by atoms with E-state index in [2.05, 4.69) is 15.9 Å². The Morgan fingerprint density at radius 2 is 2.46 bits per heavy atom. The molecule has 0 saturated heterocycles. The lowest BCUT2D eigenvalue weighted by Crippen LogP contribution is -2.37. The highest BCUT2D eigenvalue weighted by molar-refractivity contribution is 9.10. The molecule has 1 aromatic rings. The first kappa shape index (κ1) is 9.24. The van der Waals surface area contributed by atoms with Crippen LogP contribution in [0.15, 0.2) is 15.2 Å². The second-order valence-corrected chi connectivity index (χ2v) is 4.26. The van der Waals surface area contributed by atoms with Crippen molar-refractivity contribution in [3.63, 3.8) is 0 Å². The Morgan fingerprint density at radius 1 is 1.69 bits per heavy atom. The predicted molar refractivity (Wildman–Crippen MR) is 52.3 cm³/mol. The number of aryl methyl sites for hydroxylation is 1. The van der Waals surface area contributed by atoms with Crippen LogP contribution in [0.3, 0.4) is 0 Å². The maximum Gasteiger partial charge on any atom is 0.169 e. The molecular formula is C9H12BrNO2. The summed E-state index contributed by atoms with van der Waals surface area (Å²) in [6.45, 7) is 0.256. The van der Waals surface area contributed by atoms with E-state index in [4.69, 9.17) is 10.2 Å². The van der Waals surface area contributed by atoms with E-state index in [-0.39, 0.29) is 6.54 Å². The molecule has 1 heterocycles. The van der Waals surface area contributed by atoms with Crippen LogP contribution in [-0.4, -0.2) is 11.7 Å². The van der Waals surface area contributed by atoms with Gasteiger partial charge in [0, 0.05) is 18.5 Å². The molecule has 0 fully saturated rings. The molecule has 13 heavy (non-hydrogen) atoms. The molecule has 0 aromatic carbocycles. The van der Waals surface area contributed by atoms with Crippen LogP contribution in [0.5, 0.6) is 0 Å². The van der Waals surface area contributed by atoms with Gasteiger partial charge in [0.2, 0.25) is 0 Å². The van der Waals surface area contributed by atoms with Crippen molar-refractivity contribution in [1.82, 2.24) is 0 Å². The Hall–Kier alpha value is -0.320. The molecule has 0 aliphatic heterocycles. The first-order valence-electron chi connectivity index (χ1n) is 4.37. The van der Waals surface area contributed by atoms with Crippen LogP contribution in [0, 0.1) is 0 Å². The van der Waals surface area contributed by atoms with Crippen molar-refractivity contribution in [3.8, 4) is 0 Å². The van der Waals surface area contributed by atoms with Gasteiger partial charge in [0.05, 0.1) is 0 Å². The third-order valence-electron chi connectivity index (χ3n) is 2.61. The molecule has 3 nitrogen and oxygen atoms in total. The minimum atomic E-state index is -0.872. The van der Waals surface area contributed by atoms with Gasteiger partial charge in [-0.2, -0.15) is 0 Å². The van der Waals surface area contributed by atoms with Crippen molar-refractivity contribution in [2.75, 3.05) is 6.54 Å². The van der Waals surface area contributed by atoms with E-state index in [0.717, 1.165) is 30.6 Å². The minimum Gasteiger partial charge on any atom is -0.454 e. The van der Waals surface area contributed by atoms with E-state index in [1.165, 1.54) is 0 Å². The van der Waals surface area contributed by atoms with Crippen molar-refractivity contribution >= 4 is 15.9 Å². The van der Waals surface area contributed by atoms with Crippen LogP contribution >= 0.6 is 15.9 Å². The largest absolute Gasteiger partial charge is 0.454 e. The third-order valence-corrected chi connectivity index (χ3v) is 3.00. The molecule has 0 saturated carbocycles. The highest BCUT2D eigenvalue weighted by atomic mass is 79.9. The van der Waals surface area contributed by atoms with Crippen molar-refractivity contribution < 1.29 is 9.52 Å². The Morgan fingerprint density at radius 3 is 3.15 bits per heavy atom. The Balaban J connectivity index is 2.47. The van der Waals surface area contributed by atoms with Gasteiger partial charge in [-0.05, 0) is 34.8 Å². The molecule has 1 aromatic heterocycles. The molecule has 1 aliphatic carbocycles. The topological polar surface area (TPSA) is 59.4 Å². The van der Waals surface area contributed by atoms with Gasteiger partial charge in [0.1, 0.15) is 11.4 Å². The van der Waals surface area contributed by atoms with Crippen LogP contribution in [0.2, 0.25) is 0 Å². The van der Waals surface area contributed by atoms with Gasteiger partial charge >= 0.3 is 0 Å². The molecular weight excluding hydrogens is 234 g/mol. The Kier molecular flexibility index (Phi) is 2.21. The van der Waals surface area contributed by atoms with Crippen LogP contribution in [-0.2, 0) is 12.0 Å². The zero-order valence-corrected chi connectivity index (χ0v) is 8.80. The smallest absolute Gasteiger partial charge is 0.169 e. The average molecular weight is 246 g/mol. The lowest BCUT2D eigenvalue weighted by atomic mass is 9.83. The zero-order chi connectivity index (χ0) is 9.47. The lowest BCUT2D eigenvalue weighted by molar-refractivity contribution is 0.0257. The van der Waals surface area contributed by atoms with E-state index in [1.54, 1.807) is 0 Å². The summed E-state index contributed by atoms with van der Waals surface area (Å²) in [7, 11) is 0. The zero-order valence-electron chi connectivity index (χ0n) is 7.22. The number of hydrogen-bond acceptors (Lipinski definition) is 3. The second kappa shape index (κ2) is 3.12. The van der Waals surface area contributed by atoms with Gasteiger partial charge in [0.15, 0.2) is 4.67 Å². The SMILES string of the molecule is NCC1(O)CCCc2oc(Br)cc21. The van der Waals surface area contributed by atoms with Crippen molar-refractivity contribution in [1.29, 1.82) is 0 Å². The van der Waals surface area contributed by atoms with Gasteiger partial charge in [-0.3, -0.25) is 0 Å². The number of nitrogens with two attached hydrogens (primary N) is 1. The monoisotopic (exact) mass is 245 g/mol. The standard InChI is InChI=1S/C9H12BrNO2/c10-8-4-6-7(13-8)2-1-3-9(6,12)5-11/h4,12H,1-3,5,11H2. The third kappa shape index (κ3) is 1.43. The summed E-state index contributed by atoms with van der Waals surface area (Å²) in [4.78, 5) is 0. The first-order chi connectivity index (χ1) is 6.15. The molecule has 1 aliphatic rings. The fraction of sp³-hybridized carbons (Fsp3) is 0.556. The molecule has 4 heteroatoms. The molecule has 1 unspecified atom stereocenters. The average Bonchev–Trinajstić information content (AvgIpc) is 2.48. The highest BCUT2D eigenvalue weighted by Crippen LogP contribution is 2.37. The maximum atomic E-state index is 10.1. The summed E-state index contributed by atoms with van der Waals surface area (Å²) in [5, 5.41) is 10.1. The van der Waals surface area contributed by atoms with Crippen LogP contribution in [0.1, 0.15) is 24.2 Å². The van der Waals surface area contributed by atoms with Gasteiger partial charge in [-0.15, -0.1) is 0 Å². The fourth-order valence-electron chi connectivity index (χ4n) is 1.86. The quantitative estimate of drug-likeness (QED) is 0.789. The van der Waals surface area contributed by atoms with E-state index in [9.17, 15) is 5.11 Å². The summed E-state index contributed by atoms with van der Waals surface area (Å²) >= 11 is 3.25. The molecule has 0 amide bonds. The lowest BCUT2D eigenvalue weighted by Gasteiger charge is -2.29. The van der Waals surface area contributed by atoms with Crippen molar-refractivity contribution in [2.45, 2.75) is 24.9 Å². The number of aliphatic hydroxyl groups is 1. The fourth-order valence-corrected chi connectivity index (χ4v) is 2.29. The summed E-state index contributed by atoms with van der Waals surface area (Å²) in [5.74, 6) is 0.867. The van der Waals surface area contributed by atoms with E-state index in [0.29, 0.717) is 4.67 Å². The number of fused-ring (bicyclic) bond motifs is 1. The second-order valence-electron chi connectivity index (χ2n) is 3.48. The van der Waals surface area contributed by atoms with E-state index < -0.39 is 5.60 Å². The molecule has 0 radical (unpaired) electrons.